The van der Waals surface area contributed by atoms with Gasteiger partial charge in [-0.1, -0.05) is 19.1 Å². The van der Waals surface area contributed by atoms with Gasteiger partial charge in [0.2, 0.25) is 5.91 Å². The monoisotopic (exact) mass is 632 g/mol. The number of likely N-dealkylation sites (tertiary alicyclic amines) is 2. The Labute approximate surface area is 266 Å². The van der Waals surface area contributed by atoms with Crippen LogP contribution in [0.1, 0.15) is 71.2 Å². The molecule has 2 aliphatic carbocycles. The molecule has 3 atom stereocenters. The quantitative estimate of drug-likeness (QED) is 0.319. The molecule has 4 aliphatic rings. The highest BCUT2D eigenvalue weighted by Crippen LogP contribution is 2.55. The number of nitrogens with zero attached hydrogens (tertiary/aromatic N) is 5. The van der Waals surface area contributed by atoms with Gasteiger partial charge >= 0.3 is 5.97 Å². The van der Waals surface area contributed by atoms with Crippen molar-refractivity contribution in [2.75, 3.05) is 40.4 Å². The third-order valence-corrected chi connectivity index (χ3v) is 11.1. The summed E-state index contributed by atoms with van der Waals surface area (Å²) >= 11 is 1.60. The average Bonchev–Trinajstić information content (AvgIpc) is 3.90. The Morgan fingerprint density at radius 3 is 2.53 bits per heavy atom. The number of benzene rings is 1. The number of carbonyl (C=O) groups excluding carboxylic acids is 3. The Bertz CT molecular complexity index is 1600. The van der Waals surface area contributed by atoms with Crippen LogP contribution in [0.25, 0.3) is 0 Å². The molecule has 1 aromatic carbocycles. The number of hydrogen-bond acceptors (Lipinski definition) is 9. The molecular formula is C33H40N6O5S. The zero-order chi connectivity index (χ0) is 31.3. The molecule has 4 heterocycles. The van der Waals surface area contributed by atoms with Gasteiger partial charge in [-0.25, -0.2) is 4.98 Å². The van der Waals surface area contributed by atoms with Gasteiger partial charge in [0.15, 0.2) is 0 Å². The number of aromatic nitrogens is 3. The number of hydrogen-bond donors (Lipinski definition) is 1. The van der Waals surface area contributed by atoms with Crippen molar-refractivity contribution in [2.45, 2.75) is 57.7 Å². The van der Waals surface area contributed by atoms with Crippen molar-refractivity contribution < 1.29 is 23.9 Å². The zero-order valence-electron chi connectivity index (χ0n) is 26.0. The molecule has 2 aromatic heterocycles. The van der Waals surface area contributed by atoms with Crippen LogP contribution >= 0.6 is 11.3 Å². The minimum atomic E-state index is -0.995. The molecule has 0 spiro atoms. The number of nitrogens with one attached hydrogen (secondary N) is 1. The number of rotatable bonds is 11. The number of amides is 2. The van der Waals surface area contributed by atoms with E-state index in [2.05, 4.69) is 15.3 Å². The molecule has 12 heteroatoms. The summed E-state index contributed by atoms with van der Waals surface area (Å²) in [6.45, 7) is 4.51. The van der Waals surface area contributed by atoms with Crippen LogP contribution in [0.15, 0.2) is 42.0 Å². The third-order valence-electron chi connectivity index (χ3n) is 10.1. The van der Waals surface area contributed by atoms with Crippen molar-refractivity contribution in [1.29, 1.82) is 0 Å². The molecule has 11 nitrogen and oxygen atoms in total. The van der Waals surface area contributed by atoms with Crippen molar-refractivity contribution in [1.82, 2.24) is 29.9 Å². The number of ether oxygens (including phenoxy) is 2. The SMILES string of the molecule is COC(=O)[C@@]12CN(C(=O)c3cnn(CC4CC4)c3)C[C@]1(C)CN(C(C(=O)NCc1ccc(OC)cc1)c1csc(C3CC3)n1)C2. The van der Waals surface area contributed by atoms with Gasteiger partial charge in [0.1, 0.15) is 17.2 Å². The molecule has 2 aliphatic heterocycles. The molecule has 3 aromatic rings. The minimum Gasteiger partial charge on any atom is -0.497 e. The second-order valence-corrected chi connectivity index (χ2v) is 14.3. The van der Waals surface area contributed by atoms with E-state index in [0.717, 1.165) is 35.7 Å². The Hall–Kier alpha value is -3.77. The van der Waals surface area contributed by atoms with E-state index in [1.807, 2.05) is 47.4 Å². The normalized spacial score (nSPS) is 25.2. The first kappa shape index (κ1) is 29.9. The molecule has 238 valence electrons. The highest BCUT2D eigenvalue weighted by atomic mass is 32.1. The zero-order valence-corrected chi connectivity index (χ0v) is 26.8. The Morgan fingerprint density at radius 2 is 1.84 bits per heavy atom. The predicted octanol–water partition coefficient (Wildman–Crippen LogP) is 3.63. The van der Waals surface area contributed by atoms with E-state index in [1.165, 1.54) is 20.0 Å². The number of methoxy groups -OCH3 is 2. The fourth-order valence-corrected chi connectivity index (χ4v) is 8.13. The van der Waals surface area contributed by atoms with E-state index in [4.69, 9.17) is 14.5 Å². The Kier molecular flexibility index (Phi) is 7.67. The van der Waals surface area contributed by atoms with E-state index in [1.54, 1.807) is 29.5 Å². The second kappa shape index (κ2) is 11.5. The van der Waals surface area contributed by atoms with Gasteiger partial charge in [0.05, 0.1) is 36.7 Å². The highest BCUT2D eigenvalue weighted by Gasteiger charge is 2.67. The fraction of sp³-hybridized carbons (Fsp3) is 0.545. The molecule has 4 fully saturated rings. The van der Waals surface area contributed by atoms with Gasteiger partial charge in [-0.15, -0.1) is 11.3 Å². The minimum absolute atomic E-state index is 0.134. The highest BCUT2D eigenvalue weighted by molar-refractivity contribution is 7.09. The molecule has 1 unspecified atom stereocenters. The average molecular weight is 633 g/mol. The molecule has 2 saturated heterocycles. The summed E-state index contributed by atoms with van der Waals surface area (Å²) in [4.78, 5) is 50.2. The molecule has 0 bridgehead atoms. The molecular weight excluding hydrogens is 592 g/mol. The first-order chi connectivity index (χ1) is 21.7. The van der Waals surface area contributed by atoms with Crippen molar-refractivity contribution in [2.24, 2.45) is 16.7 Å². The Balaban J connectivity index is 1.13. The van der Waals surface area contributed by atoms with Crippen LogP contribution in [0.3, 0.4) is 0 Å². The van der Waals surface area contributed by atoms with Crippen LogP contribution in [0.2, 0.25) is 0 Å². The van der Waals surface area contributed by atoms with Crippen molar-refractivity contribution in [3.05, 3.63) is 63.9 Å². The van der Waals surface area contributed by atoms with Gasteiger partial charge in [-0.05, 0) is 49.3 Å². The molecule has 1 N–H and O–H groups in total. The van der Waals surface area contributed by atoms with E-state index in [9.17, 15) is 14.4 Å². The van der Waals surface area contributed by atoms with E-state index < -0.39 is 16.9 Å². The lowest BCUT2D eigenvalue weighted by Gasteiger charge is -2.31. The van der Waals surface area contributed by atoms with Crippen LogP contribution < -0.4 is 10.1 Å². The lowest BCUT2D eigenvalue weighted by molar-refractivity contribution is -0.155. The van der Waals surface area contributed by atoms with Gasteiger partial charge in [-0.2, -0.15) is 5.10 Å². The van der Waals surface area contributed by atoms with Crippen molar-refractivity contribution in [3.8, 4) is 5.75 Å². The summed E-state index contributed by atoms with van der Waals surface area (Å²) < 4.78 is 12.5. The van der Waals surface area contributed by atoms with E-state index in [-0.39, 0.29) is 30.9 Å². The molecule has 7 rings (SSSR count). The van der Waals surface area contributed by atoms with Gasteiger partial charge in [0, 0.05) is 62.2 Å². The number of esters is 1. The van der Waals surface area contributed by atoms with Gasteiger partial charge in [0.25, 0.3) is 5.91 Å². The summed E-state index contributed by atoms with van der Waals surface area (Å²) in [6.07, 6.45) is 8.10. The largest absolute Gasteiger partial charge is 0.497 e. The smallest absolute Gasteiger partial charge is 0.315 e. The second-order valence-electron chi connectivity index (χ2n) is 13.4. The summed E-state index contributed by atoms with van der Waals surface area (Å²) in [5.41, 5.74) is 0.552. The molecule has 45 heavy (non-hydrogen) atoms. The lowest BCUT2D eigenvalue weighted by atomic mass is 9.69. The summed E-state index contributed by atoms with van der Waals surface area (Å²) in [7, 11) is 3.02. The third kappa shape index (κ3) is 5.63. The number of fused-ring (bicyclic) bond motifs is 1. The lowest BCUT2D eigenvalue weighted by Crippen LogP contribution is -2.46. The number of thiazole rings is 1. The van der Waals surface area contributed by atoms with Crippen LogP contribution in [0, 0.1) is 16.7 Å². The van der Waals surface area contributed by atoms with Gasteiger partial charge < -0.3 is 19.7 Å². The maximum absolute atomic E-state index is 14.0. The van der Waals surface area contributed by atoms with E-state index >= 15 is 0 Å². The van der Waals surface area contributed by atoms with Crippen LogP contribution in [-0.2, 0) is 27.4 Å². The molecule has 0 radical (unpaired) electrons. The summed E-state index contributed by atoms with van der Waals surface area (Å²) in [5.74, 6) is 1.20. The maximum atomic E-state index is 14.0. The summed E-state index contributed by atoms with van der Waals surface area (Å²) in [5, 5.41) is 10.6. The topological polar surface area (TPSA) is 119 Å². The molecule has 2 amide bonds. The Morgan fingerprint density at radius 1 is 1.07 bits per heavy atom. The first-order valence-electron chi connectivity index (χ1n) is 15.7. The summed E-state index contributed by atoms with van der Waals surface area (Å²) in [6, 6.07) is 6.92. The van der Waals surface area contributed by atoms with Crippen molar-refractivity contribution >= 4 is 29.1 Å². The molecule has 2 saturated carbocycles. The standard InChI is InChI=1S/C33H40N6O5S/c1-32-17-37(19-33(32,31(42)44-3)20-38(18-32)30(41)24-13-35-39(15-24)14-22-4-5-22)27(26-16-45-29(36-26)23-8-9-23)28(40)34-12-21-6-10-25(43-2)11-7-21/h6-7,10-11,13,15-16,22-23,27H,4-5,8-9,12,14,17-20H2,1-3H3,(H,34,40)/t27?,32-,33+/m0/s1. The maximum Gasteiger partial charge on any atom is 0.315 e. The first-order valence-corrected chi connectivity index (χ1v) is 16.6. The van der Waals surface area contributed by atoms with Crippen LogP contribution in [0.4, 0.5) is 0 Å². The fourth-order valence-electron chi connectivity index (χ4n) is 7.12. The van der Waals surface area contributed by atoms with E-state index in [0.29, 0.717) is 42.7 Å². The van der Waals surface area contributed by atoms with Crippen LogP contribution in [0.5, 0.6) is 5.75 Å². The number of carbonyl (C=O) groups is 3. The van der Waals surface area contributed by atoms with Crippen LogP contribution in [-0.4, -0.2) is 82.7 Å². The van der Waals surface area contributed by atoms with Gasteiger partial charge in [-0.3, -0.25) is 24.0 Å². The van der Waals surface area contributed by atoms with Crippen molar-refractivity contribution in [3.63, 3.8) is 0 Å². The predicted molar refractivity (Wildman–Crippen MR) is 167 cm³/mol.